The van der Waals surface area contributed by atoms with Gasteiger partial charge >= 0.3 is 41.7 Å². The molecule has 2 aromatic carbocycles. The van der Waals surface area contributed by atoms with Crippen LogP contribution in [0.2, 0.25) is 0 Å². The van der Waals surface area contributed by atoms with E-state index in [1.807, 2.05) is 65.8 Å². The number of rotatable bonds is 6. The molecule has 19 heteroatoms. The first-order valence-electron chi connectivity index (χ1n) is 22.9. The van der Waals surface area contributed by atoms with Crippen molar-refractivity contribution in [3.05, 3.63) is 108 Å². The van der Waals surface area contributed by atoms with E-state index < -0.39 is 23.3 Å². The summed E-state index contributed by atoms with van der Waals surface area (Å²) in [5.74, 6) is -0.373. The van der Waals surface area contributed by atoms with Crippen LogP contribution in [0.25, 0.3) is 0 Å². The van der Waals surface area contributed by atoms with Gasteiger partial charge in [0.2, 0.25) is 5.91 Å². The molecule has 366 valence electrons. The van der Waals surface area contributed by atoms with Crippen LogP contribution in [-0.4, -0.2) is 149 Å². The van der Waals surface area contributed by atoms with E-state index in [9.17, 15) is 28.0 Å². The number of hydrogen-bond acceptors (Lipinski definition) is 10. The summed E-state index contributed by atoms with van der Waals surface area (Å²) in [6, 6.07) is 12.1. The number of carbonyl (C=O) groups excluding carboxylic acids is 4. The Hall–Kier alpha value is -3.95. The molecule has 68 heavy (non-hydrogen) atoms. The van der Waals surface area contributed by atoms with Gasteiger partial charge in [0.1, 0.15) is 28.9 Å². The van der Waals surface area contributed by atoms with Gasteiger partial charge in [-0.2, -0.15) is 0 Å². The summed E-state index contributed by atoms with van der Waals surface area (Å²) in [5.41, 5.74) is 2.82. The van der Waals surface area contributed by atoms with Gasteiger partial charge in [0.25, 0.3) is 0 Å². The molecule has 4 aliphatic rings. The van der Waals surface area contributed by atoms with Crippen LogP contribution in [0.1, 0.15) is 116 Å². The van der Waals surface area contributed by atoms with Crippen molar-refractivity contribution in [3.8, 4) is 0 Å². The van der Waals surface area contributed by atoms with E-state index in [4.69, 9.17) is 9.47 Å². The van der Waals surface area contributed by atoms with Gasteiger partial charge in [-0.3, -0.25) is 19.4 Å². The minimum atomic E-state index is -0.590. The maximum Gasteiger partial charge on any atom is 1.00 e. The second-order valence-electron chi connectivity index (χ2n) is 19.5. The summed E-state index contributed by atoms with van der Waals surface area (Å²) >= 11 is 2.15. The smallest absolute Gasteiger partial charge is 1.00 e. The summed E-state index contributed by atoms with van der Waals surface area (Å²) in [6.07, 6.45) is 7.69. The number of carbonyl (C=O) groups is 4. The molecule has 0 aliphatic carbocycles. The Kier molecular flexibility index (Phi) is 18.8. The molecular formula is C49H67F2IN9NaO6. The van der Waals surface area contributed by atoms with Gasteiger partial charge < -0.3 is 34.7 Å². The maximum absolute atomic E-state index is 13.4. The van der Waals surface area contributed by atoms with Crippen LogP contribution in [0.5, 0.6) is 0 Å². The molecule has 6 atom stereocenters. The van der Waals surface area contributed by atoms with Crippen LogP contribution in [0, 0.1) is 11.6 Å². The first-order chi connectivity index (χ1) is 31.7. The molecule has 8 rings (SSSR count). The quantitative estimate of drug-likeness (QED) is 0.144. The van der Waals surface area contributed by atoms with Crippen molar-refractivity contribution in [3.63, 3.8) is 0 Å². The van der Waals surface area contributed by atoms with E-state index in [1.165, 1.54) is 24.3 Å². The zero-order valence-electron chi connectivity index (χ0n) is 42.4. The van der Waals surface area contributed by atoms with Crippen molar-refractivity contribution in [1.29, 1.82) is 0 Å². The Bertz CT molecular complexity index is 2340. The monoisotopic (exact) mass is 1070 g/mol. The number of benzene rings is 2. The van der Waals surface area contributed by atoms with Crippen molar-refractivity contribution in [2.75, 3.05) is 57.8 Å². The molecule has 0 saturated carbocycles. The number of Topliss-reactive ketones (excluding diaryl/α,β-unsaturated/α-hetero) is 1. The molecule has 4 unspecified atom stereocenters. The SMILES string of the molecule is CI.C[C@H](c1ccc(F)cc1)n1cncc1C1CCC(=O)C2CN(C(=O)OC(C)(C)C)CCN21.C[C@H](c1ccc(F)cc1)n1cncc1C1CN(C)C(=O)C2CN(C(=O)OC(C)(C)C)CCN21.[H-].[Na+]. The largest absolute Gasteiger partial charge is 1.00 e. The second-order valence-corrected chi connectivity index (χ2v) is 19.5. The number of fused-ring (bicyclic) bond motifs is 2. The summed E-state index contributed by atoms with van der Waals surface area (Å²) < 4.78 is 42.0. The fourth-order valence-corrected chi connectivity index (χ4v) is 9.33. The number of ether oxygens (including phenoxy) is 2. The number of aromatic nitrogens is 4. The molecule has 0 spiro atoms. The van der Waals surface area contributed by atoms with Crippen molar-refractivity contribution in [2.24, 2.45) is 0 Å². The molecule has 0 N–H and O–H groups in total. The third kappa shape index (κ3) is 13.1. The van der Waals surface area contributed by atoms with Crippen molar-refractivity contribution in [2.45, 2.75) is 116 Å². The maximum atomic E-state index is 13.4. The predicted molar refractivity (Wildman–Crippen MR) is 260 cm³/mol. The Balaban J connectivity index is 0.000000282. The van der Waals surface area contributed by atoms with Gasteiger partial charge in [0.15, 0.2) is 5.78 Å². The van der Waals surface area contributed by atoms with Crippen LogP contribution in [0.4, 0.5) is 18.4 Å². The number of imidazole rings is 2. The average molecular weight is 1070 g/mol. The summed E-state index contributed by atoms with van der Waals surface area (Å²) in [6.45, 7) is 18.4. The van der Waals surface area contributed by atoms with Crippen LogP contribution in [0.3, 0.4) is 0 Å². The molecule has 4 fully saturated rings. The molecule has 0 bridgehead atoms. The zero-order chi connectivity index (χ0) is 49.0. The molecule has 6 heterocycles. The van der Waals surface area contributed by atoms with Crippen LogP contribution in [0.15, 0.2) is 73.6 Å². The average Bonchev–Trinajstić information content (AvgIpc) is 3.99. The third-order valence-corrected chi connectivity index (χ3v) is 12.7. The minimum Gasteiger partial charge on any atom is -1.00 e. The van der Waals surface area contributed by atoms with Gasteiger partial charge in [0.05, 0.1) is 54.3 Å². The van der Waals surface area contributed by atoms with Crippen LogP contribution in [-0.2, 0) is 19.1 Å². The molecule has 3 amide bonds. The third-order valence-electron chi connectivity index (χ3n) is 12.7. The topological polar surface area (TPSA) is 139 Å². The standard InChI is InChI=1S/C24H32FN5O3.C24H31FN4O3.CH3I.Na.H/c1-16(17-6-8-18(25)9-7-17)30-15-26-12-19(30)20-13-27(5)22(31)21-14-28(10-11-29(20)21)23(32)33-24(2,3)4;1-16(17-5-7-18(25)8-6-17)29-15-26-13-20(29)19-9-10-22(30)21-14-27(11-12-28(19)21)23(31)32-24(2,3)4;1-2;;/h6-9,12,15-16,20-21H,10-11,13-14H2,1-5H3;5-8,13,15-16,19,21H,9-12,14H2,1-4H3;1H3;;/q;;;+1;-1/t16-,20?,21?;16-,19?,21?;;;/m11.../s1. The number of halogens is 3. The molecule has 4 saturated heterocycles. The van der Waals surface area contributed by atoms with E-state index in [0.717, 1.165) is 22.5 Å². The molecule has 4 aromatic rings. The Morgan fingerprint density at radius 2 is 1.07 bits per heavy atom. The van der Waals surface area contributed by atoms with Crippen molar-refractivity contribution < 1.29 is 68.4 Å². The second kappa shape index (κ2) is 23.3. The van der Waals surface area contributed by atoms with Gasteiger partial charge in [-0.05, 0) is 102 Å². The minimum absolute atomic E-state index is 0. The normalized spacial score (nSPS) is 22.0. The predicted octanol–water partition coefficient (Wildman–Crippen LogP) is 5.19. The molecule has 4 aliphatic heterocycles. The molecule has 15 nitrogen and oxygen atoms in total. The van der Waals surface area contributed by atoms with Gasteiger partial charge in [-0.1, -0.05) is 46.9 Å². The number of nitrogens with zero attached hydrogens (tertiary/aromatic N) is 9. The van der Waals surface area contributed by atoms with Crippen molar-refractivity contribution in [1.82, 2.24) is 43.6 Å². The number of amides is 3. The number of piperidine rings is 1. The zero-order valence-corrected chi connectivity index (χ0v) is 45.5. The van der Waals surface area contributed by atoms with E-state index in [0.29, 0.717) is 52.1 Å². The first-order valence-corrected chi connectivity index (χ1v) is 25.0. The number of alkyl halides is 1. The summed E-state index contributed by atoms with van der Waals surface area (Å²) in [4.78, 5) is 71.2. The number of likely N-dealkylation sites (N-methyl/N-ethyl adjacent to an activating group) is 1. The van der Waals surface area contributed by atoms with Gasteiger partial charge in [-0.25, -0.2) is 28.3 Å². The van der Waals surface area contributed by atoms with E-state index >= 15 is 0 Å². The Labute approximate surface area is 436 Å². The number of hydrogen-bond donors (Lipinski definition) is 0. The molecule has 2 aromatic heterocycles. The van der Waals surface area contributed by atoms with Gasteiger partial charge in [0, 0.05) is 71.7 Å². The van der Waals surface area contributed by atoms with E-state index in [2.05, 4.69) is 58.4 Å². The van der Waals surface area contributed by atoms with E-state index in [1.54, 1.807) is 58.7 Å². The fourth-order valence-electron chi connectivity index (χ4n) is 9.33. The summed E-state index contributed by atoms with van der Waals surface area (Å²) in [7, 11) is 1.79. The molecular weight excluding hydrogens is 998 g/mol. The Morgan fingerprint density at radius 3 is 1.51 bits per heavy atom. The van der Waals surface area contributed by atoms with E-state index in [-0.39, 0.29) is 97.2 Å². The van der Waals surface area contributed by atoms with Crippen LogP contribution < -0.4 is 29.6 Å². The fraction of sp³-hybridized carbons (Fsp3) is 0.551. The van der Waals surface area contributed by atoms with Crippen LogP contribution >= 0.6 is 22.6 Å². The Morgan fingerprint density at radius 1 is 0.662 bits per heavy atom. The number of piperazine rings is 3. The summed E-state index contributed by atoms with van der Waals surface area (Å²) in [5, 5.41) is 0. The number of ketones is 1. The first kappa shape index (κ1) is 55.0. The van der Waals surface area contributed by atoms with Gasteiger partial charge in [-0.15, -0.1) is 0 Å². The molecule has 0 radical (unpaired) electrons. The van der Waals surface area contributed by atoms with Crippen molar-refractivity contribution >= 4 is 46.5 Å².